The van der Waals surface area contributed by atoms with Gasteiger partial charge in [-0.25, -0.2) is 0 Å². The predicted molar refractivity (Wildman–Crippen MR) is 98.1 cm³/mol. The lowest BCUT2D eigenvalue weighted by Crippen LogP contribution is -2.29. The van der Waals surface area contributed by atoms with Gasteiger partial charge in [0.1, 0.15) is 0 Å². The minimum atomic E-state index is -0.253. The number of ether oxygens (including phenoxy) is 2. The minimum Gasteiger partial charge on any atom is -0.493 e. The number of hydrogen-bond acceptors (Lipinski definition) is 6. The van der Waals surface area contributed by atoms with Crippen LogP contribution in [-0.4, -0.2) is 30.3 Å². The summed E-state index contributed by atoms with van der Waals surface area (Å²) in [5, 5.41) is 8.24. The molecule has 0 radical (unpaired) electrons. The van der Waals surface area contributed by atoms with Crippen molar-refractivity contribution in [3.8, 4) is 22.8 Å². The zero-order chi connectivity index (χ0) is 18.4. The van der Waals surface area contributed by atoms with Crippen LogP contribution in [0.4, 0.5) is 5.82 Å². The van der Waals surface area contributed by atoms with Crippen LogP contribution in [0, 0.1) is 0 Å². The van der Waals surface area contributed by atoms with E-state index in [0.717, 1.165) is 5.56 Å². The molecule has 0 aliphatic carbocycles. The van der Waals surface area contributed by atoms with Gasteiger partial charge in [0, 0.05) is 11.1 Å². The predicted octanol–water partition coefficient (Wildman–Crippen LogP) is 2.92. The quantitative estimate of drug-likeness (QED) is 0.665. The van der Waals surface area contributed by atoms with E-state index in [9.17, 15) is 4.79 Å². The summed E-state index contributed by atoms with van der Waals surface area (Å²) in [6.45, 7) is 0. The number of hydrogen-bond donors (Lipinski definition) is 2. The van der Waals surface area contributed by atoms with Gasteiger partial charge in [0.15, 0.2) is 17.3 Å². The maximum atomic E-state index is 12.0. The molecule has 0 saturated carbocycles. The first-order chi connectivity index (χ1) is 12.7. The second kappa shape index (κ2) is 7.98. The number of aromatic nitrogens is 2. The van der Waals surface area contributed by atoms with Crippen molar-refractivity contribution in [1.82, 2.24) is 15.6 Å². The van der Waals surface area contributed by atoms with Crippen LogP contribution in [0.2, 0.25) is 0 Å². The van der Waals surface area contributed by atoms with Gasteiger partial charge in [-0.05, 0) is 42.5 Å². The molecule has 132 valence electrons. The van der Waals surface area contributed by atoms with Crippen molar-refractivity contribution in [3.05, 3.63) is 66.2 Å². The highest BCUT2D eigenvalue weighted by Crippen LogP contribution is 2.31. The van der Waals surface area contributed by atoms with E-state index in [1.807, 2.05) is 24.3 Å². The molecule has 0 aliphatic heterocycles. The van der Waals surface area contributed by atoms with Crippen LogP contribution in [0.3, 0.4) is 0 Å². The molecule has 1 aromatic heterocycles. The number of amides is 1. The van der Waals surface area contributed by atoms with Crippen LogP contribution in [0.1, 0.15) is 10.4 Å². The van der Waals surface area contributed by atoms with E-state index < -0.39 is 0 Å². The first kappa shape index (κ1) is 17.2. The van der Waals surface area contributed by atoms with Crippen LogP contribution in [0.25, 0.3) is 11.3 Å². The second-order valence-electron chi connectivity index (χ2n) is 5.32. The van der Waals surface area contributed by atoms with Gasteiger partial charge in [-0.15, -0.1) is 10.2 Å². The van der Waals surface area contributed by atoms with Crippen LogP contribution >= 0.6 is 0 Å². The number of benzene rings is 2. The van der Waals surface area contributed by atoms with Crippen molar-refractivity contribution >= 4 is 11.7 Å². The maximum Gasteiger partial charge on any atom is 0.269 e. The van der Waals surface area contributed by atoms with Crippen molar-refractivity contribution in [1.29, 1.82) is 0 Å². The van der Waals surface area contributed by atoms with Gasteiger partial charge in [0.05, 0.1) is 19.9 Å². The summed E-state index contributed by atoms with van der Waals surface area (Å²) in [6, 6.07) is 17.9. The Morgan fingerprint density at radius 2 is 1.65 bits per heavy atom. The van der Waals surface area contributed by atoms with E-state index >= 15 is 0 Å². The van der Waals surface area contributed by atoms with Crippen LogP contribution in [-0.2, 0) is 0 Å². The highest BCUT2D eigenvalue weighted by atomic mass is 16.5. The smallest absolute Gasteiger partial charge is 0.269 e. The Hall–Kier alpha value is -3.61. The number of carbonyl (C=O) groups excluding carboxylic acids is 1. The molecule has 2 aromatic carbocycles. The zero-order valence-electron chi connectivity index (χ0n) is 14.4. The van der Waals surface area contributed by atoms with Gasteiger partial charge in [0.25, 0.3) is 5.91 Å². The van der Waals surface area contributed by atoms with Gasteiger partial charge in [-0.1, -0.05) is 18.2 Å². The summed E-state index contributed by atoms with van der Waals surface area (Å²) in [4.78, 5) is 12.0. The van der Waals surface area contributed by atoms with Crippen molar-refractivity contribution in [3.63, 3.8) is 0 Å². The third kappa shape index (κ3) is 3.89. The van der Waals surface area contributed by atoms with Gasteiger partial charge in [0.2, 0.25) is 0 Å². The molecule has 26 heavy (non-hydrogen) atoms. The molecule has 3 aromatic rings. The zero-order valence-corrected chi connectivity index (χ0v) is 14.4. The molecule has 0 atom stereocenters. The van der Waals surface area contributed by atoms with Gasteiger partial charge in [-0.2, -0.15) is 0 Å². The fourth-order valence-corrected chi connectivity index (χ4v) is 2.33. The van der Waals surface area contributed by atoms with Gasteiger partial charge in [-0.3, -0.25) is 15.6 Å². The molecule has 2 N–H and O–H groups in total. The van der Waals surface area contributed by atoms with E-state index in [1.54, 1.807) is 50.6 Å². The normalized spacial score (nSPS) is 10.1. The summed E-state index contributed by atoms with van der Waals surface area (Å²) < 4.78 is 10.5. The summed E-state index contributed by atoms with van der Waals surface area (Å²) in [6.07, 6.45) is 0. The molecule has 0 aliphatic rings. The Bertz CT molecular complexity index is 883. The molecule has 1 amide bonds. The third-order valence-corrected chi connectivity index (χ3v) is 3.68. The Labute approximate surface area is 151 Å². The van der Waals surface area contributed by atoms with E-state index in [4.69, 9.17) is 9.47 Å². The molecule has 0 bridgehead atoms. The standard InChI is InChI=1S/C19H18N4O3/c1-25-16-10-8-14(12-17(16)26-2)15-9-11-18(21-20-15)22-23-19(24)13-6-4-3-5-7-13/h3-12H,1-2H3,(H,21,22)(H,23,24). The number of nitrogens with one attached hydrogen (secondary N) is 2. The monoisotopic (exact) mass is 350 g/mol. The molecule has 3 rings (SSSR count). The van der Waals surface area contributed by atoms with E-state index in [1.165, 1.54) is 0 Å². The SMILES string of the molecule is COc1ccc(-c2ccc(NNC(=O)c3ccccc3)nn2)cc1OC. The van der Waals surface area contributed by atoms with Crippen LogP contribution in [0.15, 0.2) is 60.7 Å². The Kier molecular flexibility index (Phi) is 5.28. The van der Waals surface area contributed by atoms with Crippen molar-refractivity contribution in [2.45, 2.75) is 0 Å². The van der Waals surface area contributed by atoms with Crippen LogP contribution < -0.4 is 20.3 Å². The number of carbonyl (C=O) groups is 1. The topological polar surface area (TPSA) is 85.4 Å². The van der Waals surface area contributed by atoms with Crippen molar-refractivity contribution < 1.29 is 14.3 Å². The summed E-state index contributed by atoms with van der Waals surface area (Å²) in [5.74, 6) is 1.44. The molecule has 0 unspecified atom stereocenters. The average Bonchev–Trinajstić information content (AvgIpc) is 2.72. The fourth-order valence-electron chi connectivity index (χ4n) is 2.33. The lowest BCUT2D eigenvalue weighted by molar-refractivity contribution is 0.0962. The Morgan fingerprint density at radius 3 is 2.31 bits per heavy atom. The highest BCUT2D eigenvalue weighted by Gasteiger charge is 2.08. The maximum absolute atomic E-state index is 12.0. The Morgan fingerprint density at radius 1 is 0.885 bits per heavy atom. The molecule has 7 nitrogen and oxygen atoms in total. The molecular weight excluding hydrogens is 332 g/mol. The molecule has 0 fully saturated rings. The number of rotatable bonds is 6. The van der Waals surface area contributed by atoms with E-state index in [0.29, 0.717) is 28.6 Å². The Balaban J connectivity index is 1.68. The molecule has 7 heteroatoms. The molecule has 0 spiro atoms. The lowest BCUT2D eigenvalue weighted by atomic mass is 10.1. The number of nitrogens with zero attached hydrogens (tertiary/aromatic N) is 2. The number of anilines is 1. The summed E-state index contributed by atoms with van der Waals surface area (Å²) in [7, 11) is 3.16. The van der Waals surface area contributed by atoms with Gasteiger partial charge < -0.3 is 9.47 Å². The summed E-state index contributed by atoms with van der Waals surface area (Å²) >= 11 is 0. The van der Waals surface area contributed by atoms with Crippen molar-refractivity contribution in [2.75, 3.05) is 19.6 Å². The van der Waals surface area contributed by atoms with E-state index in [-0.39, 0.29) is 5.91 Å². The molecular formula is C19H18N4O3. The summed E-state index contributed by atoms with van der Waals surface area (Å²) in [5.41, 5.74) is 7.39. The largest absolute Gasteiger partial charge is 0.493 e. The first-order valence-electron chi connectivity index (χ1n) is 7.89. The lowest BCUT2D eigenvalue weighted by Gasteiger charge is -2.10. The molecule has 0 saturated heterocycles. The van der Waals surface area contributed by atoms with Crippen LogP contribution in [0.5, 0.6) is 11.5 Å². The first-order valence-corrected chi connectivity index (χ1v) is 7.89. The minimum absolute atomic E-state index is 0.253. The highest BCUT2D eigenvalue weighted by molar-refractivity contribution is 5.94. The second-order valence-corrected chi connectivity index (χ2v) is 5.32. The number of methoxy groups -OCH3 is 2. The number of hydrazine groups is 1. The van der Waals surface area contributed by atoms with Gasteiger partial charge >= 0.3 is 0 Å². The van der Waals surface area contributed by atoms with Crippen molar-refractivity contribution in [2.24, 2.45) is 0 Å². The molecule has 1 heterocycles. The fraction of sp³-hybridized carbons (Fsp3) is 0.105. The average molecular weight is 350 g/mol. The van der Waals surface area contributed by atoms with E-state index in [2.05, 4.69) is 21.0 Å². The third-order valence-electron chi connectivity index (χ3n) is 3.68.